The lowest BCUT2D eigenvalue weighted by Crippen LogP contribution is -2.12. The van der Waals surface area contributed by atoms with Gasteiger partial charge in [-0.15, -0.1) is 5.10 Å². The van der Waals surface area contributed by atoms with Crippen molar-refractivity contribution in [1.29, 1.82) is 0 Å². The van der Waals surface area contributed by atoms with Gasteiger partial charge in [0.2, 0.25) is 0 Å². The van der Waals surface area contributed by atoms with Crippen LogP contribution in [0.5, 0.6) is 0 Å². The molecule has 0 bridgehead atoms. The van der Waals surface area contributed by atoms with Gasteiger partial charge in [0.25, 0.3) is 0 Å². The summed E-state index contributed by atoms with van der Waals surface area (Å²) in [5.41, 5.74) is 8.48. The zero-order valence-electron chi connectivity index (χ0n) is 13.4. The van der Waals surface area contributed by atoms with Gasteiger partial charge in [0.15, 0.2) is 5.17 Å². The predicted molar refractivity (Wildman–Crippen MR) is 105 cm³/mol. The molecule has 0 fully saturated rings. The molecule has 0 saturated heterocycles. The second kappa shape index (κ2) is 8.84. The standard InChI is InChI=1S/C17H18BrFN4S/c1-23(2)16-9-13(19)8-15(18)14(16)10-21-22-17(20)24-11-12-6-4-3-5-7-12/h3-10H,11H2,1-2H3,(H2,20,22). The second-order valence-corrected chi connectivity index (χ2v) is 7.02. The van der Waals surface area contributed by atoms with Gasteiger partial charge >= 0.3 is 0 Å². The lowest BCUT2D eigenvalue weighted by Gasteiger charge is -2.16. The Morgan fingerprint density at radius 1 is 1.29 bits per heavy atom. The van der Waals surface area contributed by atoms with Crippen molar-refractivity contribution in [2.75, 3.05) is 19.0 Å². The molecule has 2 aromatic carbocycles. The lowest BCUT2D eigenvalue weighted by molar-refractivity contribution is 0.626. The summed E-state index contributed by atoms with van der Waals surface area (Å²) in [5, 5.41) is 8.39. The van der Waals surface area contributed by atoms with E-state index in [1.165, 1.54) is 29.5 Å². The summed E-state index contributed by atoms with van der Waals surface area (Å²) in [4.78, 5) is 1.81. The van der Waals surface area contributed by atoms with E-state index in [9.17, 15) is 4.39 Å². The van der Waals surface area contributed by atoms with Gasteiger partial charge in [-0.1, -0.05) is 42.1 Å². The van der Waals surface area contributed by atoms with Gasteiger partial charge in [-0.2, -0.15) is 5.10 Å². The fraction of sp³-hybridized carbons (Fsp3) is 0.176. The third-order valence-electron chi connectivity index (χ3n) is 3.13. The SMILES string of the molecule is CN(C)c1cc(F)cc(Br)c1C=NN=C(N)SCc1ccccc1. The number of nitrogens with two attached hydrogens (primary N) is 1. The number of hydrogen-bond donors (Lipinski definition) is 1. The van der Waals surface area contributed by atoms with Crippen molar-refractivity contribution >= 4 is 44.8 Å². The van der Waals surface area contributed by atoms with Crippen LogP contribution in [0.15, 0.2) is 57.1 Å². The van der Waals surface area contributed by atoms with Crippen molar-refractivity contribution in [1.82, 2.24) is 0 Å². The molecule has 0 saturated carbocycles. The maximum atomic E-state index is 13.5. The van der Waals surface area contributed by atoms with Crippen molar-refractivity contribution < 1.29 is 4.39 Å². The highest BCUT2D eigenvalue weighted by molar-refractivity contribution is 9.10. The van der Waals surface area contributed by atoms with E-state index in [4.69, 9.17) is 5.73 Å². The number of halogens is 2. The molecule has 24 heavy (non-hydrogen) atoms. The van der Waals surface area contributed by atoms with Gasteiger partial charge in [0, 0.05) is 35.6 Å². The Morgan fingerprint density at radius 2 is 2.00 bits per heavy atom. The fourth-order valence-corrected chi connectivity index (χ4v) is 3.11. The quantitative estimate of drug-likeness (QED) is 0.457. The third-order valence-corrected chi connectivity index (χ3v) is 4.64. The maximum Gasteiger partial charge on any atom is 0.180 e. The average Bonchev–Trinajstić information content (AvgIpc) is 2.55. The van der Waals surface area contributed by atoms with E-state index >= 15 is 0 Å². The molecule has 2 aromatic rings. The molecule has 0 aliphatic rings. The third kappa shape index (κ3) is 5.35. The van der Waals surface area contributed by atoms with E-state index < -0.39 is 0 Å². The molecule has 126 valence electrons. The molecule has 2 rings (SSSR count). The molecule has 0 aliphatic heterocycles. The first-order valence-electron chi connectivity index (χ1n) is 7.17. The van der Waals surface area contributed by atoms with Crippen LogP contribution in [0.25, 0.3) is 0 Å². The number of amidine groups is 1. The van der Waals surface area contributed by atoms with Crippen LogP contribution in [0, 0.1) is 5.82 Å². The van der Waals surface area contributed by atoms with Crippen LogP contribution in [0.4, 0.5) is 10.1 Å². The molecule has 0 atom stereocenters. The Hall–Kier alpha value is -1.86. The van der Waals surface area contributed by atoms with Crippen molar-refractivity contribution in [2.24, 2.45) is 15.9 Å². The zero-order valence-corrected chi connectivity index (χ0v) is 15.8. The van der Waals surface area contributed by atoms with Gasteiger partial charge in [-0.05, 0) is 33.6 Å². The summed E-state index contributed by atoms with van der Waals surface area (Å²) in [6, 6.07) is 12.8. The fourth-order valence-electron chi connectivity index (χ4n) is 1.97. The number of nitrogens with zero attached hydrogens (tertiary/aromatic N) is 3. The van der Waals surface area contributed by atoms with Crippen LogP contribution >= 0.6 is 27.7 Å². The Morgan fingerprint density at radius 3 is 2.67 bits per heavy atom. The molecule has 0 spiro atoms. The minimum atomic E-state index is -0.316. The number of hydrogen-bond acceptors (Lipinski definition) is 4. The van der Waals surface area contributed by atoms with Gasteiger partial charge in [0.05, 0.1) is 6.21 Å². The summed E-state index contributed by atoms with van der Waals surface area (Å²) >= 11 is 4.77. The number of benzene rings is 2. The highest BCUT2D eigenvalue weighted by atomic mass is 79.9. The van der Waals surface area contributed by atoms with Crippen LogP contribution in [0.2, 0.25) is 0 Å². The Bertz CT molecular complexity index is 748. The average molecular weight is 409 g/mol. The summed E-state index contributed by atoms with van der Waals surface area (Å²) in [6.45, 7) is 0. The number of thioether (sulfide) groups is 1. The first kappa shape index (κ1) is 18.5. The normalized spacial score (nSPS) is 11.9. The Labute approximate surface area is 153 Å². The molecule has 0 aromatic heterocycles. The molecule has 0 amide bonds. The van der Waals surface area contributed by atoms with E-state index in [-0.39, 0.29) is 5.82 Å². The minimum Gasteiger partial charge on any atom is -0.377 e. The molecule has 2 N–H and O–H groups in total. The topological polar surface area (TPSA) is 54.0 Å². The van der Waals surface area contributed by atoms with Crippen LogP contribution in [-0.4, -0.2) is 25.5 Å². The van der Waals surface area contributed by atoms with Gasteiger partial charge in [-0.25, -0.2) is 4.39 Å². The molecule has 4 nitrogen and oxygen atoms in total. The van der Waals surface area contributed by atoms with E-state index in [1.54, 1.807) is 6.21 Å². The van der Waals surface area contributed by atoms with Crippen molar-refractivity contribution in [3.05, 3.63) is 63.9 Å². The van der Waals surface area contributed by atoms with E-state index in [1.807, 2.05) is 49.3 Å². The van der Waals surface area contributed by atoms with E-state index in [0.717, 1.165) is 11.3 Å². The van der Waals surface area contributed by atoms with Crippen molar-refractivity contribution in [2.45, 2.75) is 5.75 Å². The summed E-state index contributed by atoms with van der Waals surface area (Å²) < 4.78 is 14.1. The molecule has 0 aliphatic carbocycles. The van der Waals surface area contributed by atoms with Crippen molar-refractivity contribution in [3.8, 4) is 0 Å². The molecule has 0 radical (unpaired) electrons. The second-order valence-electron chi connectivity index (χ2n) is 5.17. The highest BCUT2D eigenvalue weighted by Gasteiger charge is 2.09. The summed E-state index contributed by atoms with van der Waals surface area (Å²) in [5.74, 6) is 0.415. The molecule has 0 heterocycles. The number of anilines is 1. The Balaban J connectivity index is 2.07. The van der Waals surface area contributed by atoms with E-state index in [2.05, 4.69) is 26.1 Å². The largest absolute Gasteiger partial charge is 0.377 e. The first-order chi connectivity index (χ1) is 11.5. The number of rotatable bonds is 5. The van der Waals surface area contributed by atoms with Gasteiger partial charge in [-0.3, -0.25) is 0 Å². The van der Waals surface area contributed by atoms with Crippen molar-refractivity contribution in [3.63, 3.8) is 0 Å². The molecular weight excluding hydrogens is 391 g/mol. The highest BCUT2D eigenvalue weighted by Crippen LogP contribution is 2.27. The smallest absolute Gasteiger partial charge is 0.180 e. The molecule has 0 unspecified atom stereocenters. The van der Waals surface area contributed by atoms with Crippen LogP contribution < -0.4 is 10.6 Å². The molecule has 7 heteroatoms. The first-order valence-corrected chi connectivity index (χ1v) is 8.95. The monoisotopic (exact) mass is 408 g/mol. The minimum absolute atomic E-state index is 0.316. The predicted octanol–water partition coefficient (Wildman–Crippen LogP) is 4.24. The molecular formula is C17H18BrFN4S. The lowest BCUT2D eigenvalue weighted by atomic mass is 10.2. The maximum absolute atomic E-state index is 13.5. The van der Waals surface area contributed by atoms with Gasteiger partial charge in [0.1, 0.15) is 5.82 Å². The summed E-state index contributed by atoms with van der Waals surface area (Å²) in [7, 11) is 3.68. The Kier molecular flexibility index (Phi) is 6.81. The van der Waals surface area contributed by atoms with Gasteiger partial charge < -0.3 is 10.6 Å². The van der Waals surface area contributed by atoms with Crippen LogP contribution in [0.3, 0.4) is 0 Å². The zero-order chi connectivity index (χ0) is 17.5. The summed E-state index contributed by atoms with van der Waals surface area (Å²) in [6.07, 6.45) is 1.56. The van der Waals surface area contributed by atoms with Crippen LogP contribution in [0.1, 0.15) is 11.1 Å². The van der Waals surface area contributed by atoms with Crippen LogP contribution in [-0.2, 0) is 5.75 Å². The van der Waals surface area contributed by atoms with E-state index in [0.29, 0.717) is 15.3 Å².